The van der Waals surface area contributed by atoms with E-state index in [1.807, 2.05) is 18.2 Å². The van der Waals surface area contributed by atoms with Crippen molar-refractivity contribution in [3.05, 3.63) is 71.3 Å². The fraction of sp³-hybridized carbons (Fsp3) is 0.368. The van der Waals surface area contributed by atoms with Gasteiger partial charge in [-0.3, -0.25) is 0 Å². The lowest BCUT2D eigenvalue weighted by molar-refractivity contribution is -0.0199. The van der Waals surface area contributed by atoms with Gasteiger partial charge in [0.05, 0.1) is 12.2 Å². The fourth-order valence-corrected chi connectivity index (χ4v) is 2.42. The third kappa shape index (κ3) is 4.16. The van der Waals surface area contributed by atoms with Gasteiger partial charge in [-0.1, -0.05) is 67.1 Å². The number of benzene rings is 2. The average Bonchev–Trinajstić information content (AvgIpc) is 2.53. The van der Waals surface area contributed by atoms with Crippen LogP contribution in [0.25, 0.3) is 0 Å². The third-order valence-electron chi connectivity index (χ3n) is 3.89. The largest absolute Gasteiger partial charge is 0.364 e. The Morgan fingerprint density at radius 3 is 2.14 bits per heavy atom. The molecule has 2 rings (SSSR count). The summed E-state index contributed by atoms with van der Waals surface area (Å²) in [6.45, 7) is 6.27. The second kappa shape index (κ2) is 7.39. The van der Waals surface area contributed by atoms with E-state index in [2.05, 4.69) is 57.2 Å². The van der Waals surface area contributed by atoms with E-state index in [0.717, 1.165) is 12.0 Å². The molecule has 0 saturated carbocycles. The van der Waals surface area contributed by atoms with E-state index >= 15 is 0 Å². The van der Waals surface area contributed by atoms with Gasteiger partial charge in [0, 0.05) is 6.04 Å². The number of hydrogen-bond donors (Lipinski definition) is 1. The summed E-state index contributed by atoms with van der Waals surface area (Å²) in [5.41, 5.74) is 9.87. The Bertz CT molecular complexity index is 535. The van der Waals surface area contributed by atoms with Gasteiger partial charge in [-0.15, -0.1) is 0 Å². The first-order valence-corrected chi connectivity index (χ1v) is 7.64. The van der Waals surface area contributed by atoms with Crippen molar-refractivity contribution in [1.29, 1.82) is 0 Å². The van der Waals surface area contributed by atoms with Crippen LogP contribution in [0.4, 0.5) is 0 Å². The van der Waals surface area contributed by atoms with E-state index in [4.69, 9.17) is 10.5 Å². The molecule has 0 saturated heterocycles. The lowest BCUT2D eigenvalue weighted by Crippen LogP contribution is -2.30. The molecule has 0 heterocycles. The molecule has 0 fully saturated rings. The highest BCUT2D eigenvalue weighted by molar-refractivity contribution is 5.25. The minimum atomic E-state index is -0.0780. The van der Waals surface area contributed by atoms with Gasteiger partial charge in [-0.25, -0.2) is 0 Å². The molecule has 0 bridgehead atoms. The predicted molar refractivity (Wildman–Crippen MR) is 88.1 cm³/mol. The topological polar surface area (TPSA) is 35.2 Å². The molecule has 2 aromatic rings. The highest BCUT2D eigenvalue weighted by atomic mass is 16.5. The van der Waals surface area contributed by atoms with E-state index < -0.39 is 0 Å². The van der Waals surface area contributed by atoms with Crippen LogP contribution in [0, 0.1) is 6.92 Å². The van der Waals surface area contributed by atoms with Crippen molar-refractivity contribution in [2.45, 2.75) is 45.4 Å². The maximum atomic E-state index is 6.29. The quantitative estimate of drug-likeness (QED) is 0.844. The Hall–Kier alpha value is -1.64. The van der Waals surface area contributed by atoms with Crippen LogP contribution < -0.4 is 5.73 Å². The molecule has 0 aliphatic rings. The van der Waals surface area contributed by atoms with Crippen LogP contribution in [0.15, 0.2) is 54.6 Å². The van der Waals surface area contributed by atoms with Crippen molar-refractivity contribution in [2.75, 3.05) is 0 Å². The zero-order valence-corrected chi connectivity index (χ0v) is 13.1. The summed E-state index contributed by atoms with van der Waals surface area (Å²) in [5, 5.41) is 0. The van der Waals surface area contributed by atoms with Gasteiger partial charge in [0.1, 0.15) is 0 Å². The summed E-state index contributed by atoms with van der Waals surface area (Å²) in [5.74, 6) is 0. The first-order valence-electron chi connectivity index (χ1n) is 7.64. The summed E-state index contributed by atoms with van der Waals surface area (Å²) < 4.78 is 6.29. The second-order valence-electron chi connectivity index (χ2n) is 5.59. The molecule has 3 unspecified atom stereocenters. The number of aryl methyl sites for hydroxylation is 1. The standard InChI is InChI=1S/C19H25NO/c1-4-18(20)19(17-12-10-14(2)11-13-17)21-15(3)16-8-6-5-7-9-16/h5-13,15,18-19H,4,20H2,1-3H3. The lowest BCUT2D eigenvalue weighted by atomic mass is 9.99. The maximum absolute atomic E-state index is 6.29. The molecular weight excluding hydrogens is 258 g/mol. The first-order chi connectivity index (χ1) is 10.1. The van der Waals surface area contributed by atoms with Gasteiger partial charge in [-0.05, 0) is 31.4 Å². The minimum absolute atomic E-state index is 0.00105. The molecule has 0 aliphatic heterocycles. The van der Waals surface area contributed by atoms with Crippen LogP contribution in [0.5, 0.6) is 0 Å². The van der Waals surface area contributed by atoms with E-state index in [9.17, 15) is 0 Å². The smallest absolute Gasteiger partial charge is 0.0983 e. The van der Waals surface area contributed by atoms with Gasteiger partial charge in [0.25, 0.3) is 0 Å². The zero-order chi connectivity index (χ0) is 15.2. The first kappa shape index (κ1) is 15.7. The number of hydrogen-bond acceptors (Lipinski definition) is 2. The van der Waals surface area contributed by atoms with Crippen LogP contribution in [-0.2, 0) is 4.74 Å². The molecule has 112 valence electrons. The monoisotopic (exact) mass is 283 g/mol. The van der Waals surface area contributed by atoms with Crippen LogP contribution in [0.2, 0.25) is 0 Å². The maximum Gasteiger partial charge on any atom is 0.0983 e. The fourth-order valence-electron chi connectivity index (χ4n) is 2.42. The van der Waals surface area contributed by atoms with Crippen molar-refractivity contribution in [3.63, 3.8) is 0 Å². The number of rotatable bonds is 6. The van der Waals surface area contributed by atoms with E-state index in [1.165, 1.54) is 11.1 Å². The van der Waals surface area contributed by atoms with Crippen molar-refractivity contribution in [1.82, 2.24) is 0 Å². The van der Waals surface area contributed by atoms with E-state index in [-0.39, 0.29) is 18.2 Å². The van der Waals surface area contributed by atoms with Crippen LogP contribution >= 0.6 is 0 Å². The normalized spacial score (nSPS) is 15.4. The molecule has 3 atom stereocenters. The Balaban J connectivity index is 2.19. The van der Waals surface area contributed by atoms with E-state index in [1.54, 1.807) is 0 Å². The minimum Gasteiger partial charge on any atom is -0.364 e. The summed E-state index contributed by atoms with van der Waals surface area (Å²) in [6, 6.07) is 18.7. The average molecular weight is 283 g/mol. The predicted octanol–water partition coefficient (Wildman–Crippen LogP) is 4.55. The number of ether oxygens (including phenoxy) is 1. The van der Waals surface area contributed by atoms with Crippen molar-refractivity contribution in [3.8, 4) is 0 Å². The molecule has 2 N–H and O–H groups in total. The number of nitrogens with two attached hydrogens (primary N) is 1. The molecule has 0 radical (unpaired) electrons. The molecule has 2 aromatic carbocycles. The molecule has 2 heteroatoms. The van der Waals surface area contributed by atoms with Crippen molar-refractivity contribution < 1.29 is 4.74 Å². The summed E-state index contributed by atoms with van der Waals surface area (Å²) in [7, 11) is 0. The van der Waals surface area contributed by atoms with Crippen molar-refractivity contribution >= 4 is 0 Å². The second-order valence-corrected chi connectivity index (χ2v) is 5.59. The van der Waals surface area contributed by atoms with Crippen molar-refractivity contribution in [2.24, 2.45) is 5.73 Å². The van der Waals surface area contributed by atoms with Crippen LogP contribution in [0.1, 0.15) is 49.2 Å². The Labute approximate surface area is 127 Å². The molecular formula is C19H25NO. The Kier molecular flexibility index (Phi) is 5.54. The molecule has 21 heavy (non-hydrogen) atoms. The zero-order valence-electron chi connectivity index (χ0n) is 13.1. The third-order valence-corrected chi connectivity index (χ3v) is 3.89. The van der Waals surface area contributed by atoms with Gasteiger partial charge in [0.15, 0.2) is 0 Å². The molecule has 0 amide bonds. The van der Waals surface area contributed by atoms with Crippen LogP contribution in [-0.4, -0.2) is 6.04 Å². The highest BCUT2D eigenvalue weighted by Gasteiger charge is 2.22. The summed E-state index contributed by atoms with van der Waals surface area (Å²) in [4.78, 5) is 0. The summed E-state index contributed by atoms with van der Waals surface area (Å²) in [6.07, 6.45) is 0.834. The molecule has 0 aliphatic carbocycles. The Morgan fingerprint density at radius 1 is 0.952 bits per heavy atom. The van der Waals surface area contributed by atoms with Gasteiger partial charge in [-0.2, -0.15) is 0 Å². The summed E-state index contributed by atoms with van der Waals surface area (Å²) >= 11 is 0. The van der Waals surface area contributed by atoms with Gasteiger partial charge < -0.3 is 10.5 Å². The lowest BCUT2D eigenvalue weighted by Gasteiger charge is -2.27. The van der Waals surface area contributed by atoms with Gasteiger partial charge >= 0.3 is 0 Å². The highest BCUT2D eigenvalue weighted by Crippen LogP contribution is 2.29. The molecule has 2 nitrogen and oxygen atoms in total. The SMILES string of the molecule is CCC(N)C(OC(C)c1ccccc1)c1ccc(C)cc1. The van der Waals surface area contributed by atoms with Crippen LogP contribution in [0.3, 0.4) is 0 Å². The van der Waals surface area contributed by atoms with Gasteiger partial charge in [0.2, 0.25) is 0 Å². The molecule has 0 spiro atoms. The molecule has 0 aromatic heterocycles. The van der Waals surface area contributed by atoms with E-state index in [0.29, 0.717) is 0 Å². The Morgan fingerprint density at radius 2 is 1.57 bits per heavy atom.